The summed E-state index contributed by atoms with van der Waals surface area (Å²) in [6, 6.07) is 8.29. The third-order valence-electron chi connectivity index (χ3n) is 2.65. The first-order valence-corrected chi connectivity index (χ1v) is 6.65. The van der Waals surface area contributed by atoms with Crippen LogP contribution >= 0.6 is 11.8 Å². The monoisotopic (exact) mass is 239 g/mol. The molecule has 0 aliphatic heterocycles. The molecule has 0 amide bonds. The lowest BCUT2D eigenvalue weighted by Crippen LogP contribution is -2.34. The molecule has 1 aromatic carbocycles. The van der Waals surface area contributed by atoms with Crippen molar-refractivity contribution in [2.75, 3.05) is 6.61 Å². The number of thioether (sulfide) groups is 1. The molecule has 2 unspecified atom stereocenters. The van der Waals surface area contributed by atoms with E-state index in [1.165, 1.54) is 10.5 Å². The summed E-state index contributed by atoms with van der Waals surface area (Å²) in [6.45, 7) is 4.34. The Morgan fingerprint density at radius 3 is 2.62 bits per heavy atom. The largest absolute Gasteiger partial charge is 0.395 e. The van der Waals surface area contributed by atoms with Gasteiger partial charge in [0.15, 0.2) is 0 Å². The molecule has 0 saturated carbocycles. The lowest BCUT2D eigenvalue weighted by molar-refractivity contribution is 0.279. The van der Waals surface area contributed by atoms with Crippen molar-refractivity contribution in [2.45, 2.75) is 42.9 Å². The van der Waals surface area contributed by atoms with Gasteiger partial charge in [-0.2, -0.15) is 0 Å². The number of aliphatic hydroxyl groups excluding tert-OH is 1. The lowest BCUT2D eigenvalue weighted by Gasteiger charge is -2.21. The number of rotatable bonds is 6. The number of benzene rings is 1. The average molecular weight is 239 g/mol. The first kappa shape index (κ1) is 13.6. The van der Waals surface area contributed by atoms with E-state index in [0.717, 1.165) is 12.8 Å². The third kappa shape index (κ3) is 3.81. The van der Waals surface area contributed by atoms with E-state index in [1.807, 2.05) is 12.1 Å². The molecule has 2 nitrogen and oxygen atoms in total. The molecule has 0 heterocycles. The average Bonchev–Trinajstić information content (AvgIpc) is 2.28. The molecule has 0 aliphatic rings. The third-order valence-corrected chi connectivity index (χ3v) is 4.16. The summed E-state index contributed by atoms with van der Waals surface area (Å²) >= 11 is 1.69. The van der Waals surface area contributed by atoms with Crippen LogP contribution in [0.1, 0.15) is 25.3 Å². The SMILES string of the molecule is CCCC(N)C(CO)Sc1ccccc1C. The van der Waals surface area contributed by atoms with E-state index < -0.39 is 0 Å². The summed E-state index contributed by atoms with van der Waals surface area (Å²) in [5.74, 6) is 0. The molecule has 90 valence electrons. The Morgan fingerprint density at radius 1 is 1.38 bits per heavy atom. The molecule has 0 bridgehead atoms. The number of hydrogen-bond acceptors (Lipinski definition) is 3. The van der Waals surface area contributed by atoms with Gasteiger partial charge in [-0.1, -0.05) is 31.5 Å². The second-order valence-electron chi connectivity index (χ2n) is 4.06. The Bertz CT molecular complexity index is 317. The lowest BCUT2D eigenvalue weighted by atomic mass is 10.1. The smallest absolute Gasteiger partial charge is 0.0568 e. The fourth-order valence-corrected chi connectivity index (χ4v) is 2.75. The predicted molar refractivity (Wildman–Crippen MR) is 70.8 cm³/mol. The second kappa shape index (κ2) is 6.94. The number of aryl methyl sites for hydroxylation is 1. The Hall–Kier alpha value is -0.510. The van der Waals surface area contributed by atoms with Gasteiger partial charge < -0.3 is 10.8 Å². The van der Waals surface area contributed by atoms with Crippen molar-refractivity contribution in [2.24, 2.45) is 5.73 Å². The van der Waals surface area contributed by atoms with Crippen LogP contribution in [-0.4, -0.2) is 23.0 Å². The summed E-state index contributed by atoms with van der Waals surface area (Å²) in [7, 11) is 0. The molecule has 0 radical (unpaired) electrons. The highest BCUT2D eigenvalue weighted by Gasteiger charge is 2.18. The normalized spacial score (nSPS) is 14.8. The van der Waals surface area contributed by atoms with Crippen molar-refractivity contribution in [3.63, 3.8) is 0 Å². The van der Waals surface area contributed by atoms with Gasteiger partial charge >= 0.3 is 0 Å². The van der Waals surface area contributed by atoms with Crippen LogP contribution in [-0.2, 0) is 0 Å². The van der Waals surface area contributed by atoms with Crippen molar-refractivity contribution in [3.8, 4) is 0 Å². The van der Waals surface area contributed by atoms with E-state index in [1.54, 1.807) is 11.8 Å². The predicted octanol–water partition coefficient (Wildman–Crippen LogP) is 2.58. The first-order chi connectivity index (χ1) is 7.69. The van der Waals surface area contributed by atoms with Gasteiger partial charge in [-0.05, 0) is 25.0 Å². The molecule has 3 heteroatoms. The topological polar surface area (TPSA) is 46.2 Å². The molecule has 1 aromatic rings. The summed E-state index contributed by atoms with van der Waals surface area (Å²) in [4.78, 5) is 1.22. The highest BCUT2D eigenvalue weighted by Crippen LogP contribution is 2.28. The summed E-state index contributed by atoms with van der Waals surface area (Å²) < 4.78 is 0. The van der Waals surface area contributed by atoms with Gasteiger partial charge in [0, 0.05) is 16.2 Å². The van der Waals surface area contributed by atoms with Gasteiger partial charge in [-0.25, -0.2) is 0 Å². The molecule has 0 fully saturated rings. The summed E-state index contributed by atoms with van der Waals surface area (Å²) in [6.07, 6.45) is 2.02. The van der Waals surface area contributed by atoms with E-state index >= 15 is 0 Å². The Kier molecular flexibility index (Phi) is 5.88. The molecular weight excluding hydrogens is 218 g/mol. The number of hydrogen-bond donors (Lipinski definition) is 2. The van der Waals surface area contributed by atoms with Gasteiger partial charge in [0.2, 0.25) is 0 Å². The molecule has 3 N–H and O–H groups in total. The molecule has 0 aromatic heterocycles. The zero-order valence-electron chi connectivity index (χ0n) is 10.0. The zero-order valence-corrected chi connectivity index (χ0v) is 10.8. The second-order valence-corrected chi connectivity index (χ2v) is 5.34. The van der Waals surface area contributed by atoms with E-state index in [-0.39, 0.29) is 17.9 Å². The molecule has 1 rings (SSSR count). The van der Waals surface area contributed by atoms with Crippen LogP contribution < -0.4 is 5.73 Å². The van der Waals surface area contributed by atoms with Gasteiger partial charge in [0.1, 0.15) is 0 Å². The van der Waals surface area contributed by atoms with Crippen LogP contribution in [0.2, 0.25) is 0 Å². The van der Waals surface area contributed by atoms with Crippen molar-refractivity contribution in [3.05, 3.63) is 29.8 Å². The highest BCUT2D eigenvalue weighted by atomic mass is 32.2. The minimum Gasteiger partial charge on any atom is -0.395 e. The van der Waals surface area contributed by atoms with Gasteiger partial charge in [0.25, 0.3) is 0 Å². The maximum Gasteiger partial charge on any atom is 0.0568 e. The van der Waals surface area contributed by atoms with Crippen molar-refractivity contribution in [1.29, 1.82) is 0 Å². The molecule has 16 heavy (non-hydrogen) atoms. The minimum absolute atomic E-state index is 0.0691. The van der Waals surface area contributed by atoms with Crippen LogP contribution in [0.15, 0.2) is 29.2 Å². The standard InChI is InChI=1S/C13H21NOS/c1-3-6-11(14)13(9-15)16-12-8-5-4-7-10(12)2/h4-5,7-8,11,13,15H,3,6,9,14H2,1-2H3. The van der Waals surface area contributed by atoms with Gasteiger partial charge in [-0.3, -0.25) is 0 Å². The minimum atomic E-state index is 0.0691. The fourth-order valence-electron chi connectivity index (χ4n) is 1.63. The number of aliphatic hydroxyl groups is 1. The molecule has 2 atom stereocenters. The molecular formula is C13H21NOS. The van der Waals surface area contributed by atoms with Gasteiger partial charge in [-0.15, -0.1) is 11.8 Å². The Morgan fingerprint density at radius 2 is 2.06 bits per heavy atom. The van der Waals surface area contributed by atoms with E-state index in [9.17, 15) is 5.11 Å². The van der Waals surface area contributed by atoms with E-state index in [4.69, 9.17) is 5.73 Å². The Balaban J connectivity index is 2.66. The first-order valence-electron chi connectivity index (χ1n) is 5.77. The van der Waals surface area contributed by atoms with Crippen LogP contribution in [0.5, 0.6) is 0 Å². The highest BCUT2D eigenvalue weighted by molar-refractivity contribution is 8.00. The molecule has 0 aliphatic carbocycles. The Labute approximate surface area is 102 Å². The van der Waals surface area contributed by atoms with Crippen molar-refractivity contribution in [1.82, 2.24) is 0 Å². The van der Waals surface area contributed by atoms with Crippen molar-refractivity contribution < 1.29 is 5.11 Å². The summed E-state index contributed by atoms with van der Waals surface area (Å²) in [5.41, 5.74) is 7.30. The molecule has 0 spiro atoms. The fraction of sp³-hybridized carbons (Fsp3) is 0.538. The number of nitrogens with two attached hydrogens (primary N) is 1. The zero-order chi connectivity index (χ0) is 12.0. The van der Waals surface area contributed by atoms with E-state index in [2.05, 4.69) is 26.0 Å². The molecule has 0 saturated heterocycles. The maximum atomic E-state index is 9.37. The van der Waals surface area contributed by atoms with Gasteiger partial charge in [0.05, 0.1) is 6.61 Å². The quantitative estimate of drug-likeness (QED) is 0.750. The maximum absolute atomic E-state index is 9.37. The van der Waals surface area contributed by atoms with Crippen LogP contribution in [0.4, 0.5) is 0 Å². The summed E-state index contributed by atoms with van der Waals surface area (Å²) in [5, 5.41) is 9.47. The van der Waals surface area contributed by atoms with Crippen molar-refractivity contribution >= 4 is 11.8 Å². The van der Waals surface area contributed by atoms with Crippen LogP contribution in [0.3, 0.4) is 0 Å². The van der Waals surface area contributed by atoms with E-state index in [0.29, 0.717) is 0 Å². The van der Waals surface area contributed by atoms with Crippen LogP contribution in [0.25, 0.3) is 0 Å². The van der Waals surface area contributed by atoms with Crippen LogP contribution in [0, 0.1) is 6.92 Å².